The van der Waals surface area contributed by atoms with Crippen molar-refractivity contribution in [2.24, 2.45) is 0 Å². The fourth-order valence-corrected chi connectivity index (χ4v) is 3.32. The molecular weight excluding hydrogens is 419 g/mol. The molecule has 28 heavy (non-hydrogen) atoms. The van der Waals surface area contributed by atoms with Crippen LogP contribution in [-0.4, -0.2) is 5.78 Å². The third kappa shape index (κ3) is 4.02. The molecule has 0 fully saturated rings. The van der Waals surface area contributed by atoms with E-state index in [1.54, 1.807) is 48.5 Å². The second-order valence-corrected chi connectivity index (χ2v) is 7.44. The van der Waals surface area contributed by atoms with E-state index in [4.69, 9.17) is 44.3 Å². The Morgan fingerprint density at radius 2 is 1.79 bits per heavy atom. The van der Waals surface area contributed by atoms with Crippen LogP contribution < -0.4 is 9.47 Å². The number of carbonyl (C=O) groups is 1. The molecule has 0 aromatic heterocycles. The summed E-state index contributed by atoms with van der Waals surface area (Å²) in [7, 11) is 0. The first-order chi connectivity index (χ1) is 13.5. The van der Waals surface area contributed by atoms with Crippen molar-refractivity contribution in [2.75, 3.05) is 0 Å². The zero-order valence-corrected chi connectivity index (χ0v) is 16.7. The summed E-state index contributed by atoms with van der Waals surface area (Å²) >= 11 is 17.9. The Bertz CT molecular complexity index is 1110. The summed E-state index contributed by atoms with van der Waals surface area (Å²) in [5, 5.41) is 1.56. The normalized spacial score (nSPS) is 14.1. The van der Waals surface area contributed by atoms with E-state index in [0.717, 1.165) is 11.1 Å². The molecule has 0 saturated carbocycles. The van der Waals surface area contributed by atoms with Crippen LogP contribution >= 0.6 is 34.8 Å². The Labute approximate surface area is 177 Å². The van der Waals surface area contributed by atoms with Crippen LogP contribution in [0.15, 0.2) is 66.4 Å². The number of ketones is 1. The van der Waals surface area contributed by atoms with Crippen molar-refractivity contribution in [1.29, 1.82) is 0 Å². The Balaban J connectivity index is 1.51. The lowest BCUT2D eigenvalue weighted by atomic mass is 10.1. The number of Topliss-reactive ketones (excluding diaryl/α,β-unsaturated/α-hetero) is 1. The highest BCUT2D eigenvalue weighted by atomic mass is 35.5. The molecule has 6 heteroatoms. The average molecular weight is 432 g/mol. The van der Waals surface area contributed by atoms with Crippen molar-refractivity contribution in [3.8, 4) is 11.5 Å². The average Bonchev–Trinajstić information content (AvgIpc) is 2.98. The number of hydrogen-bond acceptors (Lipinski definition) is 3. The van der Waals surface area contributed by atoms with E-state index in [1.165, 1.54) is 0 Å². The minimum absolute atomic E-state index is 0.175. The first-order valence-corrected chi connectivity index (χ1v) is 9.53. The van der Waals surface area contributed by atoms with Gasteiger partial charge in [-0.2, -0.15) is 0 Å². The van der Waals surface area contributed by atoms with Crippen LogP contribution in [0.3, 0.4) is 0 Å². The van der Waals surface area contributed by atoms with Gasteiger partial charge in [-0.1, -0.05) is 53.0 Å². The quantitative estimate of drug-likeness (QED) is 0.424. The molecule has 4 rings (SSSR count). The lowest BCUT2D eigenvalue weighted by Gasteiger charge is -2.08. The number of fused-ring (bicyclic) bond motifs is 1. The summed E-state index contributed by atoms with van der Waals surface area (Å²) in [6.45, 7) is 0.314. The van der Waals surface area contributed by atoms with Crippen LogP contribution in [0.4, 0.5) is 0 Å². The first-order valence-electron chi connectivity index (χ1n) is 8.40. The smallest absolute Gasteiger partial charge is 0.231 e. The van der Waals surface area contributed by atoms with Gasteiger partial charge in [0.2, 0.25) is 5.78 Å². The van der Waals surface area contributed by atoms with Gasteiger partial charge in [0.1, 0.15) is 18.1 Å². The second kappa shape index (κ2) is 7.88. The molecule has 0 saturated heterocycles. The lowest BCUT2D eigenvalue weighted by Crippen LogP contribution is -1.98. The molecule has 0 radical (unpaired) electrons. The molecule has 0 unspecified atom stereocenters. The Kier molecular flexibility index (Phi) is 5.31. The molecule has 140 valence electrons. The van der Waals surface area contributed by atoms with E-state index in [1.807, 2.05) is 18.2 Å². The second-order valence-electron chi connectivity index (χ2n) is 6.19. The van der Waals surface area contributed by atoms with Gasteiger partial charge >= 0.3 is 0 Å². The van der Waals surface area contributed by atoms with Crippen molar-refractivity contribution < 1.29 is 14.3 Å². The maximum atomic E-state index is 12.6. The Morgan fingerprint density at radius 1 is 0.929 bits per heavy atom. The standard InChI is InChI=1S/C22H13Cl3O3/c23-15-3-1-2-13(8-15)10-21-22(26)17-6-5-16(11-20(17)28-21)27-12-14-4-7-18(24)19(25)9-14/h1-11H,12H2/b21-10-. The topological polar surface area (TPSA) is 35.5 Å². The van der Waals surface area contributed by atoms with Gasteiger partial charge in [-0.3, -0.25) is 4.79 Å². The van der Waals surface area contributed by atoms with E-state index >= 15 is 0 Å². The van der Waals surface area contributed by atoms with Gasteiger partial charge in [0, 0.05) is 11.1 Å². The molecule has 0 spiro atoms. The first kappa shape index (κ1) is 18.9. The molecule has 1 aliphatic rings. The van der Waals surface area contributed by atoms with Crippen LogP contribution in [0, 0.1) is 0 Å². The summed E-state index contributed by atoms with van der Waals surface area (Å²) in [6, 6.07) is 17.6. The number of hydrogen-bond donors (Lipinski definition) is 0. The highest BCUT2D eigenvalue weighted by Gasteiger charge is 2.27. The maximum absolute atomic E-state index is 12.6. The van der Waals surface area contributed by atoms with E-state index in [-0.39, 0.29) is 11.5 Å². The molecule has 0 atom stereocenters. The van der Waals surface area contributed by atoms with Crippen molar-refractivity contribution in [3.05, 3.63) is 98.2 Å². The molecule has 0 aliphatic carbocycles. The molecule has 3 aromatic carbocycles. The molecule has 3 aromatic rings. The summed E-state index contributed by atoms with van der Waals surface area (Å²) in [6.07, 6.45) is 1.67. The number of benzene rings is 3. The molecule has 1 aliphatic heterocycles. The van der Waals surface area contributed by atoms with E-state index in [2.05, 4.69) is 0 Å². The largest absolute Gasteiger partial charge is 0.489 e. The molecule has 3 nitrogen and oxygen atoms in total. The molecule has 1 heterocycles. The van der Waals surface area contributed by atoms with Gasteiger partial charge in [-0.05, 0) is 53.6 Å². The number of carbonyl (C=O) groups excluding carboxylic acids is 1. The van der Waals surface area contributed by atoms with Gasteiger partial charge in [0.05, 0.1) is 15.6 Å². The number of ether oxygens (including phenoxy) is 2. The maximum Gasteiger partial charge on any atom is 0.231 e. The number of rotatable bonds is 4. The molecule has 0 N–H and O–H groups in total. The van der Waals surface area contributed by atoms with Crippen molar-refractivity contribution >= 4 is 46.7 Å². The predicted octanol–water partition coefficient (Wildman–Crippen LogP) is 6.84. The third-order valence-electron chi connectivity index (χ3n) is 4.18. The van der Waals surface area contributed by atoms with Crippen molar-refractivity contribution in [1.82, 2.24) is 0 Å². The van der Waals surface area contributed by atoms with Crippen LogP contribution in [0.25, 0.3) is 6.08 Å². The van der Waals surface area contributed by atoms with Gasteiger partial charge in [-0.25, -0.2) is 0 Å². The van der Waals surface area contributed by atoms with Gasteiger partial charge < -0.3 is 9.47 Å². The zero-order valence-electron chi connectivity index (χ0n) is 14.4. The highest BCUT2D eigenvalue weighted by molar-refractivity contribution is 6.42. The summed E-state index contributed by atoms with van der Waals surface area (Å²) in [4.78, 5) is 12.6. The van der Waals surface area contributed by atoms with Crippen LogP contribution in [0.5, 0.6) is 11.5 Å². The van der Waals surface area contributed by atoms with Crippen LogP contribution in [-0.2, 0) is 6.61 Å². The SMILES string of the molecule is O=C1/C(=C/c2cccc(Cl)c2)Oc2cc(OCc3ccc(Cl)c(Cl)c3)ccc21. The van der Waals surface area contributed by atoms with E-state index in [0.29, 0.717) is 38.7 Å². The van der Waals surface area contributed by atoms with Crippen molar-refractivity contribution in [3.63, 3.8) is 0 Å². The van der Waals surface area contributed by atoms with E-state index in [9.17, 15) is 4.79 Å². The Morgan fingerprint density at radius 3 is 2.57 bits per heavy atom. The summed E-state index contributed by atoms with van der Waals surface area (Å²) in [5.74, 6) is 1.12. The number of halogens is 3. The van der Waals surface area contributed by atoms with E-state index < -0.39 is 0 Å². The Hall–Kier alpha value is -2.46. The minimum Gasteiger partial charge on any atom is -0.489 e. The minimum atomic E-state index is -0.175. The molecular formula is C22H13Cl3O3. The van der Waals surface area contributed by atoms with Gasteiger partial charge in [-0.15, -0.1) is 0 Å². The number of allylic oxidation sites excluding steroid dienone is 1. The monoisotopic (exact) mass is 430 g/mol. The van der Waals surface area contributed by atoms with Crippen molar-refractivity contribution in [2.45, 2.75) is 6.61 Å². The van der Waals surface area contributed by atoms with Crippen LogP contribution in [0.2, 0.25) is 15.1 Å². The highest BCUT2D eigenvalue weighted by Crippen LogP contribution is 2.35. The van der Waals surface area contributed by atoms with Gasteiger partial charge in [0.25, 0.3) is 0 Å². The predicted molar refractivity (Wildman–Crippen MR) is 112 cm³/mol. The summed E-state index contributed by atoms with van der Waals surface area (Å²) < 4.78 is 11.5. The fourth-order valence-electron chi connectivity index (χ4n) is 2.80. The zero-order chi connectivity index (χ0) is 19.7. The lowest BCUT2D eigenvalue weighted by molar-refractivity contribution is 0.101. The fraction of sp³-hybridized carbons (Fsp3) is 0.0455. The van der Waals surface area contributed by atoms with Gasteiger partial charge in [0.15, 0.2) is 5.76 Å². The van der Waals surface area contributed by atoms with Crippen LogP contribution in [0.1, 0.15) is 21.5 Å². The third-order valence-corrected chi connectivity index (χ3v) is 5.15. The molecule has 0 bridgehead atoms. The summed E-state index contributed by atoms with van der Waals surface area (Å²) in [5.41, 5.74) is 2.17. The molecule has 0 amide bonds.